The molecule has 0 bridgehead atoms. The summed E-state index contributed by atoms with van der Waals surface area (Å²) in [6, 6.07) is 30.1. The fourth-order valence-electron chi connectivity index (χ4n) is 2.71. The molecule has 0 saturated carbocycles. The number of aliphatic hydroxyl groups excluding tert-OH is 1. The predicted octanol–water partition coefficient (Wildman–Crippen LogP) is 5.22. The van der Waals surface area contributed by atoms with Crippen molar-refractivity contribution in [2.75, 3.05) is 0 Å². The van der Waals surface area contributed by atoms with E-state index in [1.54, 1.807) is 0 Å². The third-order valence-corrected chi connectivity index (χ3v) is 3.96. The molecule has 1 N–H and O–H groups in total. The van der Waals surface area contributed by atoms with Crippen LogP contribution in [-0.2, 0) is 0 Å². The Labute approximate surface area is 137 Å². The zero-order valence-corrected chi connectivity index (χ0v) is 12.9. The standard InChI is InChI=1S/C22H20O/c23-22(20-14-8-3-9-15-20)21(19-12-6-2-7-13-19)17-16-18-10-4-1-5-11-18/h1-17,21-23H/b17-16+/t21-,22-/m1/s1. The van der Waals surface area contributed by atoms with Crippen molar-refractivity contribution in [2.24, 2.45) is 0 Å². The van der Waals surface area contributed by atoms with Crippen LogP contribution in [0.4, 0.5) is 0 Å². The Morgan fingerprint density at radius 3 is 1.65 bits per heavy atom. The molecule has 0 fully saturated rings. The molecule has 0 spiro atoms. The number of hydrogen-bond donors (Lipinski definition) is 1. The maximum absolute atomic E-state index is 10.9. The zero-order chi connectivity index (χ0) is 15.9. The van der Waals surface area contributed by atoms with Crippen LogP contribution < -0.4 is 0 Å². The van der Waals surface area contributed by atoms with E-state index in [2.05, 4.69) is 36.4 Å². The van der Waals surface area contributed by atoms with Crippen LogP contribution in [0.15, 0.2) is 97.1 Å². The van der Waals surface area contributed by atoms with Crippen LogP contribution in [0.25, 0.3) is 6.08 Å². The Bertz CT molecular complexity index is 733. The van der Waals surface area contributed by atoms with E-state index in [0.29, 0.717) is 0 Å². The van der Waals surface area contributed by atoms with E-state index in [9.17, 15) is 5.11 Å². The van der Waals surface area contributed by atoms with Crippen molar-refractivity contribution in [1.82, 2.24) is 0 Å². The third kappa shape index (κ3) is 3.97. The van der Waals surface area contributed by atoms with Crippen LogP contribution in [0.2, 0.25) is 0 Å². The molecule has 0 amide bonds. The van der Waals surface area contributed by atoms with Crippen molar-refractivity contribution in [2.45, 2.75) is 12.0 Å². The van der Waals surface area contributed by atoms with Gasteiger partial charge in [-0.2, -0.15) is 0 Å². The van der Waals surface area contributed by atoms with Gasteiger partial charge >= 0.3 is 0 Å². The Morgan fingerprint density at radius 1 is 0.609 bits per heavy atom. The van der Waals surface area contributed by atoms with Crippen molar-refractivity contribution in [1.29, 1.82) is 0 Å². The predicted molar refractivity (Wildman–Crippen MR) is 96.1 cm³/mol. The number of benzene rings is 3. The van der Waals surface area contributed by atoms with Gasteiger partial charge in [0.05, 0.1) is 6.10 Å². The van der Waals surface area contributed by atoms with Gasteiger partial charge in [0.2, 0.25) is 0 Å². The molecule has 0 unspecified atom stereocenters. The summed E-state index contributed by atoms with van der Waals surface area (Å²) < 4.78 is 0. The van der Waals surface area contributed by atoms with E-state index in [4.69, 9.17) is 0 Å². The lowest BCUT2D eigenvalue weighted by atomic mass is 9.88. The average Bonchev–Trinajstić information content (AvgIpc) is 2.64. The summed E-state index contributed by atoms with van der Waals surface area (Å²) in [5.74, 6) is -0.0844. The van der Waals surface area contributed by atoms with Crippen LogP contribution in [0, 0.1) is 0 Å². The van der Waals surface area contributed by atoms with E-state index in [1.807, 2.05) is 66.7 Å². The highest BCUT2D eigenvalue weighted by Crippen LogP contribution is 2.32. The molecule has 0 aliphatic heterocycles. The third-order valence-electron chi connectivity index (χ3n) is 3.96. The second kappa shape index (κ2) is 7.57. The van der Waals surface area contributed by atoms with Gasteiger partial charge in [0, 0.05) is 5.92 Å². The fourth-order valence-corrected chi connectivity index (χ4v) is 2.71. The summed E-state index contributed by atoms with van der Waals surface area (Å²) in [7, 11) is 0. The monoisotopic (exact) mass is 300 g/mol. The topological polar surface area (TPSA) is 20.2 Å². The summed E-state index contributed by atoms with van der Waals surface area (Å²) in [6.45, 7) is 0. The molecular formula is C22H20O. The summed E-state index contributed by atoms with van der Waals surface area (Å²) in [6.07, 6.45) is 3.59. The highest BCUT2D eigenvalue weighted by atomic mass is 16.3. The SMILES string of the molecule is O[C@H](c1ccccc1)[C@H](/C=C/c1ccccc1)c1ccccc1. The minimum Gasteiger partial charge on any atom is -0.387 e. The zero-order valence-electron chi connectivity index (χ0n) is 12.9. The van der Waals surface area contributed by atoms with E-state index in [-0.39, 0.29) is 5.92 Å². The van der Waals surface area contributed by atoms with Crippen LogP contribution in [0.1, 0.15) is 28.7 Å². The lowest BCUT2D eigenvalue weighted by molar-refractivity contribution is 0.162. The first kappa shape index (κ1) is 15.3. The summed E-state index contributed by atoms with van der Waals surface area (Å²) in [4.78, 5) is 0. The first-order chi connectivity index (χ1) is 11.3. The quantitative estimate of drug-likeness (QED) is 0.685. The average molecular weight is 300 g/mol. The molecule has 0 aliphatic rings. The van der Waals surface area contributed by atoms with Crippen molar-refractivity contribution in [3.05, 3.63) is 114 Å². The normalized spacial score (nSPS) is 13.8. The number of hydrogen-bond acceptors (Lipinski definition) is 1. The van der Waals surface area contributed by atoms with Gasteiger partial charge in [-0.05, 0) is 16.7 Å². The molecule has 0 aromatic heterocycles. The van der Waals surface area contributed by atoms with Gasteiger partial charge < -0.3 is 5.11 Å². The lowest BCUT2D eigenvalue weighted by Crippen LogP contribution is -2.08. The van der Waals surface area contributed by atoms with Crippen LogP contribution in [0.5, 0.6) is 0 Å². The molecule has 1 nitrogen and oxygen atoms in total. The molecule has 1 heteroatoms. The summed E-state index contributed by atoms with van der Waals surface area (Å²) in [5.41, 5.74) is 3.17. The Hall–Kier alpha value is -2.64. The van der Waals surface area contributed by atoms with Crippen LogP contribution in [-0.4, -0.2) is 5.11 Å². The molecule has 0 saturated heterocycles. The van der Waals surface area contributed by atoms with Crippen LogP contribution in [0.3, 0.4) is 0 Å². The van der Waals surface area contributed by atoms with Gasteiger partial charge in [-0.1, -0.05) is 103 Å². The highest BCUT2D eigenvalue weighted by Gasteiger charge is 2.19. The molecule has 2 atom stereocenters. The lowest BCUT2D eigenvalue weighted by Gasteiger charge is -2.21. The molecule has 23 heavy (non-hydrogen) atoms. The summed E-state index contributed by atoms with van der Waals surface area (Å²) >= 11 is 0. The first-order valence-electron chi connectivity index (χ1n) is 7.86. The molecule has 3 aromatic carbocycles. The number of rotatable bonds is 5. The second-order valence-electron chi connectivity index (χ2n) is 5.56. The minimum atomic E-state index is -0.571. The van der Waals surface area contributed by atoms with Crippen molar-refractivity contribution in [3.63, 3.8) is 0 Å². The molecule has 3 rings (SSSR count). The first-order valence-corrected chi connectivity index (χ1v) is 7.86. The largest absolute Gasteiger partial charge is 0.387 e. The van der Waals surface area contributed by atoms with Crippen molar-refractivity contribution in [3.8, 4) is 0 Å². The molecule has 0 heterocycles. The Kier molecular flexibility index (Phi) is 5.02. The molecule has 0 aliphatic carbocycles. The second-order valence-corrected chi connectivity index (χ2v) is 5.56. The van der Waals surface area contributed by atoms with Gasteiger partial charge in [-0.25, -0.2) is 0 Å². The smallest absolute Gasteiger partial charge is 0.0893 e. The van der Waals surface area contributed by atoms with Gasteiger partial charge in [-0.15, -0.1) is 0 Å². The molecule has 0 radical (unpaired) electrons. The van der Waals surface area contributed by atoms with E-state index < -0.39 is 6.10 Å². The van der Waals surface area contributed by atoms with Gasteiger partial charge in [-0.3, -0.25) is 0 Å². The molecular weight excluding hydrogens is 280 g/mol. The van der Waals surface area contributed by atoms with Gasteiger partial charge in [0.25, 0.3) is 0 Å². The number of aliphatic hydroxyl groups is 1. The van der Waals surface area contributed by atoms with E-state index in [0.717, 1.165) is 16.7 Å². The minimum absolute atomic E-state index is 0.0844. The van der Waals surface area contributed by atoms with Crippen LogP contribution >= 0.6 is 0 Å². The molecule has 3 aromatic rings. The van der Waals surface area contributed by atoms with Gasteiger partial charge in [0.15, 0.2) is 0 Å². The van der Waals surface area contributed by atoms with E-state index >= 15 is 0 Å². The van der Waals surface area contributed by atoms with Crippen molar-refractivity contribution >= 4 is 6.08 Å². The van der Waals surface area contributed by atoms with E-state index in [1.165, 1.54) is 0 Å². The van der Waals surface area contributed by atoms with Crippen molar-refractivity contribution < 1.29 is 5.11 Å². The maximum Gasteiger partial charge on any atom is 0.0893 e. The maximum atomic E-state index is 10.9. The Morgan fingerprint density at radius 2 is 1.09 bits per heavy atom. The fraction of sp³-hybridized carbons (Fsp3) is 0.0909. The molecule has 114 valence electrons. The highest BCUT2D eigenvalue weighted by molar-refractivity contribution is 5.51. The Balaban J connectivity index is 1.93. The summed E-state index contributed by atoms with van der Waals surface area (Å²) in [5, 5.41) is 10.9. The van der Waals surface area contributed by atoms with Gasteiger partial charge in [0.1, 0.15) is 0 Å².